The highest BCUT2D eigenvalue weighted by Crippen LogP contribution is 2.32. The van der Waals surface area contributed by atoms with Crippen molar-refractivity contribution >= 4 is 15.9 Å². The summed E-state index contributed by atoms with van der Waals surface area (Å²) in [4.78, 5) is 3.36. The number of halogens is 1. The summed E-state index contributed by atoms with van der Waals surface area (Å²) in [6.45, 7) is 0.0827. The van der Waals surface area contributed by atoms with E-state index in [4.69, 9.17) is 10.9 Å². The second-order valence-corrected chi connectivity index (χ2v) is 6.42. The van der Waals surface area contributed by atoms with Gasteiger partial charge in [0.2, 0.25) is 10.0 Å². The molecule has 1 heterocycles. The van der Waals surface area contributed by atoms with Crippen LogP contribution in [0, 0.1) is 5.82 Å². The minimum absolute atomic E-state index is 0.0526. The Morgan fingerprint density at radius 2 is 2.25 bits per heavy atom. The minimum atomic E-state index is -3.83. The molecule has 1 fully saturated rings. The second-order valence-electron chi connectivity index (χ2n) is 4.53. The first-order valence-corrected chi connectivity index (χ1v) is 7.48. The molecular weight excluding hydrogens is 287 g/mol. The normalized spacial score (nSPS) is 16.6. The maximum atomic E-state index is 13.1. The third kappa shape index (κ3) is 3.23. The molecule has 0 radical (unpaired) electrons. The predicted octanol–water partition coefficient (Wildman–Crippen LogP) is 0.510. The number of nitrogens with zero attached hydrogens (tertiary/aromatic N) is 3. The second kappa shape index (κ2) is 5.71. The monoisotopic (exact) mass is 302 g/mol. The van der Waals surface area contributed by atoms with E-state index in [0.717, 1.165) is 31.3 Å². The van der Waals surface area contributed by atoms with E-state index in [2.05, 4.69) is 10.1 Å². The molecule has 0 amide bonds. The van der Waals surface area contributed by atoms with Crippen molar-refractivity contribution in [2.75, 3.05) is 6.54 Å². The van der Waals surface area contributed by atoms with Crippen LogP contribution in [0.15, 0.2) is 28.5 Å². The number of rotatable bonds is 6. The molecule has 9 heteroatoms. The average molecular weight is 302 g/mol. The van der Waals surface area contributed by atoms with Crippen LogP contribution in [-0.4, -0.2) is 41.3 Å². The third-order valence-electron chi connectivity index (χ3n) is 2.96. The van der Waals surface area contributed by atoms with Crippen LogP contribution < -0.4 is 5.73 Å². The molecule has 7 nitrogen and oxygen atoms in total. The molecule has 0 aromatic carbocycles. The van der Waals surface area contributed by atoms with Gasteiger partial charge in [0.25, 0.3) is 0 Å². The highest BCUT2D eigenvalue weighted by atomic mass is 32.2. The number of aromatic nitrogens is 1. The van der Waals surface area contributed by atoms with Crippen molar-refractivity contribution in [3.8, 4) is 0 Å². The van der Waals surface area contributed by atoms with Crippen molar-refractivity contribution < 1.29 is 18.0 Å². The number of pyridine rings is 1. The molecule has 1 aliphatic rings. The van der Waals surface area contributed by atoms with Gasteiger partial charge >= 0.3 is 0 Å². The SMILES string of the molecule is NC(CCN(C1CC1)S(=O)(=O)c1cncc(F)c1)=NO. The summed E-state index contributed by atoms with van der Waals surface area (Å²) in [5, 5.41) is 11.3. The van der Waals surface area contributed by atoms with E-state index in [9.17, 15) is 12.8 Å². The first-order chi connectivity index (χ1) is 9.45. The summed E-state index contributed by atoms with van der Waals surface area (Å²) in [5.74, 6) is -0.763. The lowest BCUT2D eigenvalue weighted by Gasteiger charge is -2.21. The Morgan fingerprint density at radius 1 is 1.55 bits per heavy atom. The molecule has 0 unspecified atom stereocenters. The summed E-state index contributed by atoms with van der Waals surface area (Å²) in [5.41, 5.74) is 5.35. The van der Waals surface area contributed by atoms with E-state index >= 15 is 0 Å². The summed E-state index contributed by atoms with van der Waals surface area (Å²) >= 11 is 0. The molecule has 0 bridgehead atoms. The van der Waals surface area contributed by atoms with Gasteiger partial charge < -0.3 is 10.9 Å². The molecule has 110 valence electrons. The van der Waals surface area contributed by atoms with Gasteiger partial charge in [-0.3, -0.25) is 4.98 Å². The predicted molar refractivity (Wildman–Crippen MR) is 69.1 cm³/mol. The van der Waals surface area contributed by atoms with Crippen LogP contribution in [0.25, 0.3) is 0 Å². The van der Waals surface area contributed by atoms with Gasteiger partial charge in [0.15, 0.2) is 0 Å². The number of hydrogen-bond acceptors (Lipinski definition) is 5. The molecule has 1 aromatic rings. The molecule has 1 aromatic heterocycles. The quantitative estimate of drug-likeness (QED) is 0.344. The highest BCUT2D eigenvalue weighted by Gasteiger charge is 2.38. The Hall–Kier alpha value is -1.74. The fourth-order valence-electron chi connectivity index (χ4n) is 1.81. The van der Waals surface area contributed by atoms with Crippen LogP contribution in [0.4, 0.5) is 4.39 Å². The average Bonchev–Trinajstić information content (AvgIpc) is 3.23. The maximum Gasteiger partial charge on any atom is 0.244 e. The standard InChI is InChI=1S/C11H15FN4O3S/c12-8-5-10(7-14-6-8)20(18,19)16(9-1-2-9)4-3-11(13)15-17/h5-7,9,17H,1-4H2,(H2,13,15). The molecular formula is C11H15FN4O3S. The van der Waals surface area contributed by atoms with Crippen molar-refractivity contribution in [2.45, 2.75) is 30.2 Å². The van der Waals surface area contributed by atoms with Gasteiger partial charge in [-0.2, -0.15) is 4.31 Å². The zero-order valence-corrected chi connectivity index (χ0v) is 11.4. The van der Waals surface area contributed by atoms with Crippen LogP contribution in [0.2, 0.25) is 0 Å². The number of oxime groups is 1. The molecule has 2 rings (SSSR count). The van der Waals surface area contributed by atoms with E-state index in [0.29, 0.717) is 0 Å². The lowest BCUT2D eigenvalue weighted by atomic mass is 10.4. The molecule has 20 heavy (non-hydrogen) atoms. The van der Waals surface area contributed by atoms with Crippen molar-refractivity contribution in [1.29, 1.82) is 0 Å². The fourth-order valence-corrected chi connectivity index (χ4v) is 3.47. The van der Waals surface area contributed by atoms with Gasteiger partial charge in [-0.05, 0) is 18.9 Å². The zero-order chi connectivity index (χ0) is 14.8. The first kappa shape index (κ1) is 14.7. The summed E-state index contributed by atoms with van der Waals surface area (Å²) in [7, 11) is -3.83. The highest BCUT2D eigenvalue weighted by molar-refractivity contribution is 7.89. The first-order valence-electron chi connectivity index (χ1n) is 6.04. The lowest BCUT2D eigenvalue weighted by molar-refractivity contribution is 0.315. The van der Waals surface area contributed by atoms with Gasteiger partial charge in [-0.25, -0.2) is 12.8 Å². The third-order valence-corrected chi connectivity index (χ3v) is 4.87. The van der Waals surface area contributed by atoms with Gasteiger partial charge in [0.05, 0.1) is 6.20 Å². The molecule has 0 aliphatic heterocycles. The number of nitrogens with two attached hydrogens (primary N) is 1. The van der Waals surface area contributed by atoms with E-state index in [-0.39, 0.29) is 29.7 Å². The summed E-state index contributed by atoms with van der Waals surface area (Å²) in [6.07, 6.45) is 3.65. The van der Waals surface area contributed by atoms with E-state index < -0.39 is 15.8 Å². The Bertz CT molecular complexity index is 616. The van der Waals surface area contributed by atoms with Gasteiger partial charge in [0, 0.05) is 25.2 Å². The minimum Gasteiger partial charge on any atom is -0.409 e. The Labute approximate surface area is 116 Å². The number of hydrogen-bond donors (Lipinski definition) is 2. The van der Waals surface area contributed by atoms with Crippen molar-refractivity contribution in [1.82, 2.24) is 9.29 Å². The Balaban J connectivity index is 2.24. The van der Waals surface area contributed by atoms with E-state index in [1.807, 2.05) is 0 Å². The van der Waals surface area contributed by atoms with Crippen LogP contribution in [0.3, 0.4) is 0 Å². The molecule has 1 aliphatic carbocycles. The van der Waals surface area contributed by atoms with Gasteiger partial charge in [-0.15, -0.1) is 0 Å². The summed E-state index contributed by atoms with van der Waals surface area (Å²) < 4.78 is 39.3. The van der Waals surface area contributed by atoms with Gasteiger partial charge in [0.1, 0.15) is 16.5 Å². The van der Waals surface area contributed by atoms with Crippen molar-refractivity contribution in [3.63, 3.8) is 0 Å². The van der Waals surface area contributed by atoms with Crippen LogP contribution in [-0.2, 0) is 10.0 Å². The zero-order valence-electron chi connectivity index (χ0n) is 10.6. The molecule has 0 atom stereocenters. The van der Waals surface area contributed by atoms with E-state index in [1.54, 1.807) is 0 Å². The fraction of sp³-hybridized carbons (Fsp3) is 0.455. The van der Waals surface area contributed by atoms with Gasteiger partial charge in [-0.1, -0.05) is 5.16 Å². The number of amidine groups is 1. The topological polar surface area (TPSA) is 109 Å². The van der Waals surface area contributed by atoms with Crippen molar-refractivity contribution in [3.05, 3.63) is 24.3 Å². The van der Waals surface area contributed by atoms with Crippen LogP contribution in [0.1, 0.15) is 19.3 Å². The number of sulfonamides is 1. The Morgan fingerprint density at radius 3 is 2.80 bits per heavy atom. The molecule has 0 spiro atoms. The largest absolute Gasteiger partial charge is 0.409 e. The van der Waals surface area contributed by atoms with Crippen LogP contribution >= 0.6 is 0 Å². The van der Waals surface area contributed by atoms with Crippen LogP contribution in [0.5, 0.6) is 0 Å². The van der Waals surface area contributed by atoms with E-state index in [1.165, 1.54) is 4.31 Å². The molecule has 0 saturated heterocycles. The summed E-state index contributed by atoms with van der Waals surface area (Å²) in [6, 6.07) is 0.816. The lowest BCUT2D eigenvalue weighted by Crippen LogP contribution is -2.36. The van der Waals surface area contributed by atoms with Crippen molar-refractivity contribution in [2.24, 2.45) is 10.9 Å². The Kier molecular flexibility index (Phi) is 4.19. The molecule has 1 saturated carbocycles. The smallest absolute Gasteiger partial charge is 0.244 e. The molecule has 3 N–H and O–H groups in total. The maximum absolute atomic E-state index is 13.1.